The highest BCUT2D eigenvalue weighted by atomic mass is 16.6. The molecule has 1 fully saturated rings. The van der Waals surface area contributed by atoms with E-state index in [1.807, 2.05) is 30.3 Å². The molecule has 0 unspecified atom stereocenters. The molecule has 6 nitrogen and oxygen atoms in total. The minimum atomic E-state index is -1.48. The summed E-state index contributed by atoms with van der Waals surface area (Å²) in [6.45, 7) is -0.277. The molecule has 0 saturated carbocycles. The van der Waals surface area contributed by atoms with Crippen LogP contribution in [0.15, 0.2) is 30.3 Å². The summed E-state index contributed by atoms with van der Waals surface area (Å²) in [6, 6.07) is 9.26. The molecular weight excluding hydrogens is 252 g/mol. The van der Waals surface area contributed by atoms with Crippen LogP contribution < -0.4 is 0 Å². The number of ether oxygens (including phenoxy) is 2. The van der Waals surface area contributed by atoms with Gasteiger partial charge in [0, 0.05) is 0 Å². The van der Waals surface area contributed by atoms with Gasteiger partial charge in [0.15, 0.2) is 6.29 Å². The minimum absolute atomic E-state index is 0.185. The molecule has 0 radical (unpaired) electrons. The molecule has 1 aliphatic rings. The average Bonchev–Trinajstić information content (AvgIpc) is 2.44. The van der Waals surface area contributed by atoms with E-state index in [2.05, 4.69) is 0 Å². The monoisotopic (exact) mass is 270 g/mol. The largest absolute Gasteiger partial charge is 0.394 e. The third-order valence-corrected chi connectivity index (χ3v) is 3.13. The Balaban J connectivity index is 2.00. The molecule has 0 spiro atoms. The Labute approximate surface area is 110 Å². The third kappa shape index (κ3) is 3.30. The molecule has 6 heteroatoms. The molecule has 0 amide bonds. The fourth-order valence-electron chi connectivity index (χ4n) is 2.03. The molecule has 1 saturated heterocycles. The van der Waals surface area contributed by atoms with Crippen molar-refractivity contribution >= 4 is 0 Å². The van der Waals surface area contributed by atoms with Gasteiger partial charge in [-0.2, -0.15) is 0 Å². The van der Waals surface area contributed by atoms with Crippen LogP contribution in [0.3, 0.4) is 0 Å². The number of hydrogen-bond donors (Lipinski definition) is 4. The van der Waals surface area contributed by atoms with E-state index in [0.717, 1.165) is 5.56 Å². The Morgan fingerprint density at radius 3 is 2.37 bits per heavy atom. The molecule has 5 atom stereocenters. The highest BCUT2D eigenvalue weighted by Crippen LogP contribution is 2.23. The summed E-state index contributed by atoms with van der Waals surface area (Å²) in [4.78, 5) is 0. The zero-order chi connectivity index (χ0) is 13.8. The van der Waals surface area contributed by atoms with Crippen molar-refractivity contribution in [2.24, 2.45) is 0 Å². The molecule has 0 aromatic heterocycles. The highest BCUT2D eigenvalue weighted by molar-refractivity contribution is 5.13. The van der Waals surface area contributed by atoms with E-state index >= 15 is 0 Å². The van der Waals surface area contributed by atoms with Crippen LogP contribution in [0.5, 0.6) is 0 Å². The SMILES string of the molecule is OC[C@@H]1O[C@H](O)[C@@H](O)[C@@H](OCc2ccccc2)[C@@H]1O. The van der Waals surface area contributed by atoms with Gasteiger partial charge in [-0.15, -0.1) is 0 Å². The number of benzene rings is 1. The van der Waals surface area contributed by atoms with E-state index in [-0.39, 0.29) is 6.61 Å². The first kappa shape index (κ1) is 14.4. The molecule has 4 N–H and O–H groups in total. The fraction of sp³-hybridized carbons (Fsp3) is 0.538. The van der Waals surface area contributed by atoms with Gasteiger partial charge in [-0.25, -0.2) is 0 Å². The van der Waals surface area contributed by atoms with Gasteiger partial charge in [-0.3, -0.25) is 0 Å². The molecule has 0 aliphatic carbocycles. The summed E-state index contributed by atoms with van der Waals surface area (Å²) in [7, 11) is 0. The van der Waals surface area contributed by atoms with Crippen LogP contribution in [0, 0.1) is 0 Å². The van der Waals surface area contributed by atoms with E-state index in [1.54, 1.807) is 0 Å². The predicted octanol–water partition coefficient (Wildman–Crippen LogP) is -0.997. The Morgan fingerprint density at radius 2 is 1.74 bits per heavy atom. The lowest BCUT2D eigenvalue weighted by Gasteiger charge is -2.39. The minimum Gasteiger partial charge on any atom is -0.394 e. The molecule has 1 aromatic carbocycles. The van der Waals surface area contributed by atoms with Crippen molar-refractivity contribution in [1.29, 1.82) is 0 Å². The molecule has 106 valence electrons. The maximum atomic E-state index is 9.91. The van der Waals surface area contributed by atoms with E-state index in [0.29, 0.717) is 0 Å². The summed E-state index contributed by atoms with van der Waals surface area (Å²) < 4.78 is 10.3. The molecule has 1 aliphatic heterocycles. The second-order valence-electron chi connectivity index (χ2n) is 4.49. The summed E-state index contributed by atoms with van der Waals surface area (Å²) in [5.41, 5.74) is 0.878. The number of aliphatic hydroxyl groups excluding tert-OH is 4. The lowest BCUT2D eigenvalue weighted by atomic mass is 9.99. The first-order valence-electron chi connectivity index (χ1n) is 6.09. The van der Waals surface area contributed by atoms with Crippen LogP contribution in [-0.2, 0) is 16.1 Å². The summed E-state index contributed by atoms with van der Waals surface area (Å²) in [6.07, 6.45) is -6.03. The lowest BCUT2D eigenvalue weighted by Crippen LogP contribution is -2.59. The van der Waals surface area contributed by atoms with Crippen molar-refractivity contribution in [3.8, 4) is 0 Å². The van der Waals surface area contributed by atoms with Crippen LogP contribution >= 0.6 is 0 Å². The smallest absolute Gasteiger partial charge is 0.184 e. The molecule has 2 rings (SSSR count). The highest BCUT2D eigenvalue weighted by Gasteiger charge is 2.44. The van der Waals surface area contributed by atoms with Gasteiger partial charge >= 0.3 is 0 Å². The quantitative estimate of drug-likeness (QED) is 0.560. The molecule has 1 aromatic rings. The molecule has 0 bridgehead atoms. The first-order valence-corrected chi connectivity index (χ1v) is 6.09. The van der Waals surface area contributed by atoms with Gasteiger partial charge < -0.3 is 29.9 Å². The van der Waals surface area contributed by atoms with Gasteiger partial charge in [0.25, 0.3) is 0 Å². The lowest BCUT2D eigenvalue weighted by molar-refractivity contribution is -0.296. The van der Waals surface area contributed by atoms with Gasteiger partial charge in [-0.05, 0) is 5.56 Å². The van der Waals surface area contributed by atoms with E-state index in [9.17, 15) is 15.3 Å². The average molecular weight is 270 g/mol. The van der Waals surface area contributed by atoms with Gasteiger partial charge in [0.1, 0.15) is 24.4 Å². The number of rotatable bonds is 4. The summed E-state index contributed by atoms with van der Waals surface area (Å²) in [5.74, 6) is 0. The van der Waals surface area contributed by atoms with Crippen LogP contribution in [0.2, 0.25) is 0 Å². The zero-order valence-electron chi connectivity index (χ0n) is 10.3. The van der Waals surface area contributed by atoms with E-state index < -0.39 is 37.3 Å². The van der Waals surface area contributed by atoms with E-state index in [4.69, 9.17) is 14.6 Å². The standard InChI is InChI=1S/C13H18O6/c14-6-9-10(15)12(11(16)13(17)19-9)18-7-8-4-2-1-3-5-8/h1-5,9-17H,6-7H2/t9-,10+,11-,12-,13-/m0/s1. The molecular formula is C13H18O6. The Hall–Kier alpha value is -1.02. The van der Waals surface area contributed by atoms with Crippen LogP contribution in [0.4, 0.5) is 0 Å². The second-order valence-corrected chi connectivity index (χ2v) is 4.49. The summed E-state index contributed by atoms with van der Waals surface area (Å²) >= 11 is 0. The van der Waals surface area contributed by atoms with Crippen molar-refractivity contribution in [3.63, 3.8) is 0 Å². The zero-order valence-corrected chi connectivity index (χ0v) is 10.3. The van der Waals surface area contributed by atoms with Crippen LogP contribution in [0.25, 0.3) is 0 Å². The Morgan fingerprint density at radius 1 is 1.05 bits per heavy atom. The van der Waals surface area contributed by atoms with Gasteiger partial charge in [-0.1, -0.05) is 30.3 Å². The fourth-order valence-corrected chi connectivity index (χ4v) is 2.03. The molecule has 1 heterocycles. The number of hydrogen-bond acceptors (Lipinski definition) is 6. The van der Waals surface area contributed by atoms with Crippen molar-refractivity contribution in [1.82, 2.24) is 0 Å². The third-order valence-electron chi connectivity index (χ3n) is 3.13. The van der Waals surface area contributed by atoms with Crippen LogP contribution in [0.1, 0.15) is 5.56 Å². The normalized spacial score (nSPS) is 35.3. The predicted molar refractivity (Wildman–Crippen MR) is 65.0 cm³/mol. The van der Waals surface area contributed by atoms with Crippen molar-refractivity contribution in [2.75, 3.05) is 6.61 Å². The first-order chi connectivity index (χ1) is 9.13. The van der Waals surface area contributed by atoms with Crippen molar-refractivity contribution in [3.05, 3.63) is 35.9 Å². The number of aliphatic hydroxyl groups is 4. The van der Waals surface area contributed by atoms with Crippen LogP contribution in [-0.4, -0.2) is 57.7 Å². The molecule has 19 heavy (non-hydrogen) atoms. The van der Waals surface area contributed by atoms with Gasteiger partial charge in [0.05, 0.1) is 13.2 Å². The maximum absolute atomic E-state index is 9.91. The van der Waals surface area contributed by atoms with Gasteiger partial charge in [0.2, 0.25) is 0 Å². The van der Waals surface area contributed by atoms with Crippen molar-refractivity contribution in [2.45, 2.75) is 37.3 Å². The Kier molecular flexibility index (Phi) is 4.87. The topological polar surface area (TPSA) is 99.4 Å². The maximum Gasteiger partial charge on any atom is 0.184 e. The summed E-state index contributed by atoms with van der Waals surface area (Å²) in [5, 5.41) is 38.2. The Bertz CT molecular complexity index is 384. The van der Waals surface area contributed by atoms with E-state index in [1.165, 1.54) is 0 Å². The second kappa shape index (κ2) is 6.42. The van der Waals surface area contributed by atoms with Crippen molar-refractivity contribution < 1.29 is 29.9 Å².